The van der Waals surface area contributed by atoms with E-state index in [1.54, 1.807) is 54.6 Å². The summed E-state index contributed by atoms with van der Waals surface area (Å²) in [6, 6.07) is 16.6. The minimum Gasteiger partial charge on any atom is -0.497 e. The van der Waals surface area contributed by atoms with Crippen molar-refractivity contribution in [3.05, 3.63) is 94.5 Å². The molecule has 0 aromatic heterocycles. The number of halogens is 4. The lowest BCUT2D eigenvalue weighted by Gasteiger charge is -2.34. The van der Waals surface area contributed by atoms with Gasteiger partial charge in [-0.3, -0.25) is 13.9 Å². The van der Waals surface area contributed by atoms with Crippen LogP contribution < -0.4 is 14.4 Å². The predicted octanol–water partition coefficient (Wildman–Crippen LogP) is 5.69. The van der Waals surface area contributed by atoms with E-state index in [2.05, 4.69) is 5.32 Å². The summed E-state index contributed by atoms with van der Waals surface area (Å²) in [5, 5.41) is 2.61. The van der Waals surface area contributed by atoms with Crippen molar-refractivity contribution in [2.45, 2.75) is 51.5 Å². The molecule has 2 atom stereocenters. The Morgan fingerprint density at radius 3 is 2.25 bits per heavy atom. The van der Waals surface area contributed by atoms with E-state index in [9.17, 15) is 31.2 Å². The van der Waals surface area contributed by atoms with Crippen LogP contribution in [0.25, 0.3) is 0 Å². The summed E-state index contributed by atoms with van der Waals surface area (Å²) in [5.74, 6) is -0.804. The number of ether oxygens (including phenoxy) is 1. The number of carbonyl (C=O) groups excluding carboxylic acids is 2. The van der Waals surface area contributed by atoms with Crippen LogP contribution in [0.15, 0.2) is 72.8 Å². The molecule has 0 saturated heterocycles. The number of benzene rings is 3. The number of nitrogens with zero attached hydrogens (tertiary/aromatic N) is 2. The summed E-state index contributed by atoms with van der Waals surface area (Å²) in [5.41, 5.74) is -0.334. The molecule has 0 bridgehead atoms. The molecule has 2 amide bonds. The highest BCUT2D eigenvalue weighted by molar-refractivity contribution is 7.92. The number of anilines is 1. The molecule has 0 radical (unpaired) electrons. The van der Waals surface area contributed by atoms with E-state index in [0.717, 1.165) is 24.0 Å². The average Bonchev–Trinajstić information content (AvgIpc) is 2.97. The number of rotatable bonds is 13. The molecule has 0 aliphatic rings. The molecule has 0 unspecified atom stereocenters. The monoisotopic (exact) mass is 653 g/mol. The first-order valence-corrected chi connectivity index (χ1v) is 16.0. The standard InChI is InChI=1S/C31H35ClF3N3O5S/c1-5-21(2)36-30(40)28(17-22-10-7-6-8-11-22)37(19-23-12-9-13-25(16-23)43-3)29(39)20-38(44(4,41)42)27-18-24(31(33,34)35)14-15-26(27)32/h6-16,18,21,28H,5,17,19-20H2,1-4H3,(H,36,40)/t21-,28+/m0/s1. The van der Waals surface area contributed by atoms with Gasteiger partial charge in [0.15, 0.2) is 0 Å². The van der Waals surface area contributed by atoms with Crippen LogP contribution in [0.5, 0.6) is 5.75 Å². The zero-order chi connectivity index (χ0) is 32.7. The van der Waals surface area contributed by atoms with Gasteiger partial charge in [0, 0.05) is 19.0 Å². The third-order valence-electron chi connectivity index (χ3n) is 6.98. The molecule has 0 aliphatic heterocycles. The fourth-order valence-corrected chi connectivity index (χ4v) is 5.56. The van der Waals surface area contributed by atoms with Gasteiger partial charge in [-0.2, -0.15) is 13.2 Å². The van der Waals surface area contributed by atoms with Gasteiger partial charge in [0.2, 0.25) is 21.8 Å². The van der Waals surface area contributed by atoms with Crippen molar-refractivity contribution in [3.8, 4) is 5.75 Å². The van der Waals surface area contributed by atoms with Crippen LogP contribution in [0.2, 0.25) is 5.02 Å². The van der Waals surface area contributed by atoms with Gasteiger partial charge in [0.25, 0.3) is 0 Å². The Bertz CT molecular complexity index is 1550. The number of methoxy groups -OCH3 is 1. The molecule has 44 heavy (non-hydrogen) atoms. The van der Waals surface area contributed by atoms with Gasteiger partial charge >= 0.3 is 6.18 Å². The van der Waals surface area contributed by atoms with Crippen molar-refractivity contribution >= 4 is 39.1 Å². The normalized spacial score (nSPS) is 13.1. The molecular weight excluding hydrogens is 619 g/mol. The Balaban J connectivity index is 2.13. The molecule has 0 heterocycles. The van der Waals surface area contributed by atoms with Gasteiger partial charge in [-0.25, -0.2) is 8.42 Å². The maximum Gasteiger partial charge on any atom is 0.416 e. The fraction of sp³-hybridized carbons (Fsp3) is 0.355. The summed E-state index contributed by atoms with van der Waals surface area (Å²) in [6.07, 6.45) is -3.33. The molecule has 238 valence electrons. The van der Waals surface area contributed by atoms with Crippen LogP contribution in [0.3, 0.4) is 0 Å². The lowest BCUT2D eigenvalue weighted by molar-refractivity contribution is -0.140. The van der Waals surface area contributed by atoms with Crippen molar-refractivity contribution in [3.63, 3.8) is 0 Å². The lowest BCUT2D eigenvalue weighted by Crippen LogP contribution is -2.54. The van der Waals surface area contributed by atoms with Gasteiger partial charge in [-0.15, -0.1) is 0 Å². The van der Waals surface area contributed by atoms with Crippen molar-refractivity contribution in [2.75, 3.05) is 24.2 Å². The summed E-state index contributed by atoms with van der Waals surface area (Å²) in [4.78, 5) is 29.1. The van der Waals surface area contributed by atoms with Crippen LogP contribution in [0, 0.1) is 0 Å². The number of amides is 2. The molecule has 3 aromatic rings. The Labute approximate surface area is 260 Å². The van der Waals surface area contributed by atoms with Crippen LogP contribution in [0.1, 0.15) is 37.0 Å². The number of nitrogens with one attached hydrogen (secondary N) is 1. The average molecular weight is 654 g/mol. The van der Waals surface area contributed by atoms with E-state index in [1.807, 2.05) is 13.8 Å². The third kappa shape index (κ3) is 9.36. The van der Waals surface area contributed by atoms with E-state index >= 15 is 0 Å². The molecule has 3 aromatic carbocycles. The molecule has 0 saturated carbocycles. The van der Waals surface area contributed by atoms with Crippen LogP contribution >= 0.6 is 11.6 Å². The maximum atomic E-state index is 14.2. The highest BCUT2D eigenvalue weighted by Crippen LogP contribution is 2.36. The maximum absolute atomic E-state index is 14.2. The number of carbonyl (C=O) groups is 2. The first kappa shape index (κ1) is 34.7. The van der Waals surface area contributed by atoms with E-state index in [1.165, 1.54) is 12.0 Å². The molecule has 0 fully saturated rings. The minimum atomic E-state index is -4.79. The summed E-state index contributed by atoms with van der Waals surface area (Å²) < 4.78 is 72.4. The van der Waals surface area contributed by atoms with Gasteiger partial charge < -0.3 is 15.0 Å². The fourth-order valence-electron chi connectivity index (χ4n) is 4.44. The molecule has 8 nitrogen and oxygen atoms in total. The second-order valence-corrected chi connectivity index (χ2v) is 12.6. The zero-order valence-corrected chi connectivity index (χ0v) is 26.3. The van der Waals surface area contributed by atoms with Crippen molar-refractivity contribution in [1.82, 2.24) is 10.2 Å². The lowest BCUT2D eigenvalue weighted by atomic mass is 10.0. The van der Waals surface area contributed by atoms with Crippen LogP contribution in [-0.2, 0) is 38.8 Å². The molecular formula is C31H35ClF3N3O5S. The van der Waals surface area contributed by atoms with E-state index in [0.29, 0.717) is 28.1 Å². The Kier molecular flexibility index (Phi) is 11.7. The molecule has 13 heteroatoms. The van der Waals surface area contributed by atoms with Crippen molar-refractivity contribution in [2.24, 2.45) is 0 Å². The van der Waals surface area contributed by atoms with Crippen LogP contribution in [-0.4, -0.2) is 57.1 Å². The quantitative estimate of drug-likeness (QED) is 0.256. The smallest absolute Gasteiger partial charge is 0.416 e. The SMILES string of the molecule is CC[C@H](C)NC(=O)[C@@H](Cc1ccccc1)N(Cc1cccc(OC)c1)C(=O)CN(c1cc(C(F)(F)F)ccc1Cl)S(C)(=O)=O. The van der Waals surface area contributed by atoms with Crippen molar-refractivity contribution < 1.29 is 35.9 Å². The van der Waals surface area contributed by atoms with Crippen molar-refractivity contribution in [1.29, 1.82) is 0 Å². The molecule has 3 rings (SSSR count). The first-order valence-electron chi connectivity index (χ1n) is 13.7. The predicted molar refractivity (Wildman–Crippen MR) is 164 cm³/mol. The second kappa shape index (κ2) is 14.8. The largest absolute Gasteiger partial charge is 0.497 e. The van der Waals surface area contributed by atoms with E-state index in [-0.39, 0.29) is 24.0 Å². The highest BCUT2D eigenvalue weighted by Gasteiger charge is 2.36. The molecule has 0 spiro atoms. The molecule has 1 N–H and O–H groups in total. The molecule has 0 aliphatic carbocycles. The van der Waals surface area contributed by atoms with Gasteiger partial charge in [-0.05, 0) is 54.8 Å². The van der Waals surface area contributed by atoms with Gasteiger partial charge in [0.1, 0.15) is 18.3 Å². The number of hydrogen-bond donors (Lipinski definition) is 1. The number of hydrogen-bond acceptors (Lipinski definition) is 5. The third-order valence-corrected chi connectivity index (χ3v) is 8.43. The first-order chi connectivity index (χ1) is 20.6. The summed E-state index contributed by atoms with van der Waals surface area (Å²) in [7, 11) is -2.85. The Morgan fingerprint density at radius 2 is 1.66 bits per heavy atom. The summed E-state index contributed by atoms with van der Waals surface area (Å²) >= 11 is 6.19. The number of alkyl halides is 3. The van der Waals surface area contributed by atoms with E-state index in [4.69, 9.17) is 16.3 Å². The van der Waals surface area contributed by atoms with Gasteiger partial charge in [0.05, 0.1) is 29.6 Å². The second-order valence-electron chi connectivity index (χ2n) is 10.3. The summed E-state index contributed by atoms with van der Waals surface area (Å²) in [6.45, 7) is 2.66. The Morgan fingerprint density at radius 1 is 1.00 bits per heavy atom. The topological polar surface area (TPSA) is 96.0 Å². The van der Waals surface area contributed by atoms with Crippen LogP contribution in [0.4, 0.5) is 18.9 Å². The number of sulfonamides is 1. The van der Waals surface area contributed by atoms with E-state index < -0.39 is 51.9 Å². The zero-order valence-electron chi connectivity index (χ0n) is 24.8. The minimum absolute atomic E-state index is 0.0853. The highest BCUT2D eigenvalue weighted by atomic mass is 35.5. The van der Waals surface area contributed by atoms with Gasteiger partial charge in [-0.1, -0.05) is 61.0 Å². The Hall–Kier alpha value is -3.77.